The van der Waals surface area contributed by atoms with E-state index in [1.54, 1.807) is 7.11 Å². The lowest BCUT2D eigenvalue weighted by atomic mass is 9.99. The van der Waals surface area contributed by atoms with E-state index in [1.807, 2.05) is 31.2 Å². The van der Waals surface area contributed by atoms with Gasteiger partial charge in [0, 0.05) is 17.6 Å². The molecule has 166 valence electrons. The van der Waals surface area contributed by atoms with Crippen LogP contribution in [0.1, 0.15) is 27.2 Å². The molecule has 10 heteroatoms. The van der Waals surface area contributed by atoms with E-state index >= 15 is 0 Å². The number of rotatable bonds is 6. The Balaban J connectivity index is 1.70. The Bertz CT molecular complexity index is 1160. The lowest BCUT2D eigenvalue weighted by Gasteiger charge is -2.26. The number of benzene rings is 2. The van der Waals surface area contributed by atoms with Gasteiger partial charge in [-0.15, -0.1) is 10.2 Å². The van der Waals surface area contributed by atoms with Crippen molar-refractivity contribution in [3.8, 4) is 5.75 Å². The van der Waals surface area contributed by atoms with Gasteiger partial charge in [-0.2, -0.15) is 4.98 Å². The summed E-state index contributed by atoms with van der Waals surface area (Å²) in [5.74, 6) is 0.383. The number of aryl methyl sites for hydroxylation is 1. The number of primary amides is 1. The summed E-state index contributed by atoms with van der Waals surface area (Å²) in [4.78, 5) is 18.7. The molecule has 0 saturated carbocycles. The average Bonchev–Trinajstić information content (AvgIpc) is 2.76. The summed E-state index contributed by atoms with van der Waals surface area (Å²) in [5.41, 5.74) is 10.4. The number of methoxy groups -OCH3 is 1. The molecule has 2 aromatic carbocycles. The van der Waals surface area contributed by atoms with E-state index in [4.69, 9.17) is 10.5 Å². The van der Waals surface area contributed by atoms with Crippen LogP contribution in [0.5, 0.6) is 5.75 Å². The van der Waals surface area contributed by atoms with Gasteiger partial charge in [-0.1, -0.05) is 12.1 Å². The number of ether oxygens (including phenoxy) is 1. The molecule has 4 N–H and O–H groups in total. The number of carbonyl (C=O) groups excluding carboxylic acids is 1. The van der Waals surface area contributed by atoms with Crippen molar-refractivity contribution in [1.82, 2.24) is 20.1 Å². The van der Waals surface area contributed by atoms with Crippen molar-refractivity contribution in [2.75, 3.05) is 31.3 Å². The Hall–Kier alpha value is -3.24. The number of carbonyl (C=O) groups is 1. The number of hydrogen-bond acceptors (Lipinski definition) is 8. The number of nitrogens with zero attached hydrogens (tertiary/aromatic N) is 4. The fraction of sp³-hybridized carbons (Fsp3) is 0.273. The van der Waals surface area contributed by atoms with E-state index in [0.29, 0.717) is 5.75 Å². The van der Waals surface area contributed by atoms with Gasteiger partial charge in [-0.25, -0.2) is 0 Å². The molecule has 3 aromatic rings. The molecule has 0 saturated heterocycles. The van der Waals surface area contributed by atoms with Crippen molar-refractivity contribution in [3.63, 3.8) is 0 Å². The molecule has 9 nitrogen and oxygen atoms in total. The maximum absolute atomic E-state index is 11.9. The predicted molar refractivity (Wildman–Crippen MR) is 127 cm³/mol. The third kappa shape index (κ3) is 4.51. The SMILES string of the molecule is COc1cc2c(cc1Nc1nnc(C(N)=O)c(Nc3c(C)cccc3Br)n1)CCN(C)C2. The summed E-state index contributed by atoms with van der Waals surface area (Å²) < 4.78 is 6.41. The molecule has 0 atom stereocenters. The van der Waals surface area contributed by atoms with Crippen molar-refractivity contribution in [2.45, 2.75) is 19.9 Å². The molecule has 32 heavy (non-hydrogen) atoms. The molecule has 0 unspecified atom stereocenters. The highest BCUT2D eigenvalue weighted by molar-refractivity contribution is 9.10. The van der Waals surface area contributed by atoms with Crippen LogP contribution in [0.15, 0.2) is 34.8 Å². The summed E-state index contributed by atoms with van der Waals surface area (Å²) in [6.45, 7) is 3.81. The van der Waals surface area contributed by atoms with Crippen LogP contribution >= 0.6 is 15.9 Å². The minimum atomic E-state index is -0.723. The second kappa shape index (κ2) is 9.09. The number of nitrogens with two attached hydrogens (primary N) is 1. The van der Waals surface area contributed by atoms with E-state index < -0.39 is 5.91 Å². The molecule has 0 fully saturated rings. The number of anilines is 4. The maximum atomic E-state index is 11.9. The minimum absolute atomic E-state index is 0.0499. The smallest absolute Gasteiger partial charge is 0.273 e. The Labute approximate surface area is 194 Å². The molecule has 0 bridgehead atoms. The number of amides is 1. The van der Waals surface area contributed by atoms with Crippen LogP contribution in [0.4, 0.5) is 23.1 Å². The van der Waals surface area contributed by atoms with Crippen LogP contribution in [-0.2, 0) is 13.0 Å². The van der Waals surface area contributed by atoms with Crippen molar-refractivity contribution >= 4 is 45.0 Å². The van der Waals surface area contributed by atoms with Gasteiger partial charge in [0.2, 0.25) is 5.95 Å². The molecule has 0 aliphatic carbocycles. The van der Waals surface area contributed by atoms with E-state index in [2.05, 4.69) is 59.8 Å². The monoisotopic (exact) mass is 497 g/mol. The molecule has 1 aliphatic heterocycles. The highest BCUT2D eigenvalue weighted by atomic mass is 79.9. The number of likely N-dealkylation sites (N-methyl/N-ethyl adjacent to an activating group) is 1. The quantitative estimate of drug-likeness (QED) is 0.473. The molecule has 1 aromatic heterocycles. The lowest BCUT2D eigenvalue weighted by Crippen LogP contribution is -2.26. The number of hydrogen-bond donors (Lipinski definition) is 3. The summed E-state index contributed by atoms with van der Waals surface area (Å²) in [6.07, 6.45) is 0.943. The summed E-state index contributed by atoms with van der Waals surface area (Å²) in [6, 6.07) is 9.84. The fourth-order valence-electron chi connectivity index (χ4n) is 3.66. The Morgan fingerprint density at radius 1 is 1.22 bits per heavy atom. The number of fused-ring (bicyclic) bond motifs is 1. The largest absolute Gasteiger partial charge is 0.495 e. The van der Waals surface area contributed by atoms with Crippen molar-refractivity contribution in [2.24, 2.45) is 5.73 Å². The van der Waals surface area contributed by atoms with Gasteiger partial charge in [0.15, 0.2) is 11.5 Å². The zero-order chi connectivity index (χ0) is 22.8. The molecule has 0 radical (unpaired) electrons. The molecule has 1 amide bonds. The van der Waals surface area contributed by atoms with Crippen LogP contribution in [0, 0.1) is 6.92 Å². The third-order valence-corrected chi connectivity index (χ3v) is 6.02. The van der Waals surface area contributed by atoms with Crippen molar-refractivity contribution in [1.29, 1.82) is 0 Å². The van der Waals surface area contributed by atoms with Crippen LogP contribution in [0.3, 0.4) is 0 Å². The van der Waals surface area contributed by atoms with E-state index in [1.165, 1.54) is 11.1 Å². The van der Waals surface area contributed by atoms with Gasteiger partial charge in [0.25, 0.3) is 5.91 Å². The number of halogens is 1. The first-order valence-corrected chi connectivity index (χ1v) is 10.9. The highest BCUT2D eigenvalue weighted by Gasteiger charge is 2.20. The Morgan fingerprint density at radius 3 is 2.75 bits per heavy atom. The van der Waals surface area contributed by atoms with E-state index in [-0.39, 0.29) is 17.5 Å². The van der Waals surface area contributed by atoms with Crippen molar-refractivity contribution < 1.29 is 9.53 Å². The molecular formula is C22H24BrN7O2. The van der Waals surface area contributed by atoms with Crippen LogP contribution in [0.2, 0.25) is 0 Å². The van der Waals surface area contributed by atoms with E-state index in [9.17, 15) is 4.79 Å². The van der Waals surface area contributed by atoms with Crippen LogP contribution < -0.4 is 21.1 Å². The van der Waals surface area contributed by atoms with Gasteiger partial charge in [0.1, 0.15) is 5.75 Å². The van der Waals surface area contributed by atoms with Gasteiger partial charge in [0.05, 0.1) is 18.5 Å². The fourth-order valence-corrected chi connectivity index (χ4v) is 4.22. The van der Waals surface area contributed by atoms with Crippen LogP contribution in [-0.4, -0.2) is 46.7 Å². The predicted octanol–water partition coefficient (Wildman–Crippen LogP) is 3.53. The summed E-state index contributed by atoms with van der Waals surface area (Å²) in [5, 5.41) is 14.4. The van der Waals surface area contributed by atoms with Crippen molar-refractivity contribution in [3.05, 3.63) is 57.2 Å². The van der Waals surface area contributed by atoms with Gasteiger partial charge >= 0.3 is 0 Å². The first-order chi connectivity index (χ1) is 15.4. The van der Waals surface area contributed by atoms with Gasteiger partial charge < -0.3 is 26.0 Å². The average molecular weight is 498 g/mol. The molecule has 2 heterocycles. The number of para-hydroxylation sites is 1. The first kappa shape index (κ1) is 22.0. The molecule has 4 rings (SSSR count). The van der Waals surface area contributed by atoms with E-state index in [0.717, 1.165) is 40.9 Å². The van der Waals surface area contributed by atoms with Gasteiger partial charge in [-0.05, 0) is 71.2 Å². The lowest BCUT2D eigenvalue weighted by molar-refractivity contribution is 0.0995. The second-order valence-electron chi connectivity index (χ2n) is 7.69. The normalized spacial score (nSPS) is 13.4. The summed E-state index contributed by atoms with van der Waals surface area (Å²) >= 11 is 3.52. The van der Waals surface area contributed by atoms with Gasteiger partial charge in [-0.3, -0.25) is 4.79 Å². The molecule has 0 spiro atoms. The second-order valence-corrected chi connectivity index (χ2v) is 8.54. The highest BCUT2D eigenvalue weighted by Crippen LogP contribution is 2.34. The Kier molecular flexibility index (Phi) is 6.24. The van der Waals surface area contributed by atoms with Crippen LogP contribution in [0.25, 0.3) is 0 Å². The number of aromatic nitrogens is 3. The number of nitrogens with one attached hydrogen (secondary N) is 2. The molecule has 1 aliphatic rings. The first-order valence-electron chi connectivity index (χ1n) is 10.1. The zero-order valence-corrected chi connectivity index (χ0v) is 19.7. The minimum Gasteiger partial charge on any atom is -0.495 e. The standard InChI is InChI=1S/C22H24BrN7O2/c1-12-5-4-6-15(23)18(12)26-21-19(20(24)31)28-29-22(27-21)25-16-9-13-7-8-30(2)11-14(13)10-17(16)32-3/h4-6,9-10H,7-8,11H2,1-3H3,(H2,24,31)(H2,25,26,27,29). The topological polar surface area (TPSA) is 118 Å². The third-order valence-electron chi connectivity index (χ3n) is 5.36. The maximum Gasteiger partial charge on any atom is 0.273 e. The Morgan fingerprint density at radius 2 is 2.03 bits per heavy atom. The zero-order valence-electron chi connectivity index (χ0n) is 18.1. The summed E-state index contributed by atoms with van der Waals surface area (Å²) in [7, 11) is 3.72. The molecular weight excluding hydrogens is 474 g/mol.